The molecule has 4 nitrogen and oxygen atoms in total. The highest BCUT2D eigenvalue weighted by atomic mass is 16.7. The molecule has 0 aromatic heterocycles. The molecule has 0 aromatic carbocycles. The van der Waals surface area contributed by atoms with Crippen molar-refractivity contribution in [3.63, 3.8) is 0 Å². The van der Waals surface area contributed by atoms with Crippen LogP contribution in [0.15, 0.2) is 0 Å². The van der Waals surface area contributed by atoms with Gasteiger partial charge < -0.3 is 19.9 Å². The minimum atomic E-state index is -0.105. The zero-order valence-corrected chi connectivity index (χ0v) is 5.88. The number of aliphatic hydroxyl groups excluding tert-OH is 1. The van der Waals surface area contributed by atoms with Gasteiger partial charge in [0.1, 0.15) is 0 Å². The Hall–Kier alpha value is -0.160. The van der Waals surface area contributed by atoms with Gasteiger partial charge in [-0.3, -0.25) is 0 Å². The van der Waals surface area contributed by atoms with E-state index in [9.17, 15) is 0 Å². The summed E-state index contributed by atoms with van der Waals surface area (Å²) in [6.45, 7) is 2.80. The number of aliphatic hydroxyl groups is 1. The minimum absolute atomic E-state index is 0.105. The van der Waals surface area contributed by atoms with Crippen LogP contribution in [0.25, 0.3) is 0 Å². The van der Waals surface area contributed by atoms with E-state index < -0.39 is 0 Å². The van der Waals surface area contributed by atoms with Gasteiger partial charge in [0.05, 0.1) is 19.8 Å². The number of hydrogen-bond donors (Lipinski definition) is 2. The van der Waals surface area contributed by atoms with Crippen molar-refractivity contribution in [2.24, 2.45) is 0 Å². The summed E-state index contributed by atoms with van der Waals surface area (Å²) >= 11 is 0. The molecule has 1 aliphatic rings. The Balaban J connectivity index is 1.91. The fraction of sp³-hybridized carbons (Fsp3) is 1.00. The first kappa shape index (κ1) is 7.94. The first-order chi connectivity index (χ1) is 4.93. The third kappa shape index (κ3) is 2.62. The van der Waals surface area contributed by atoms with Gasteiger partial charge in [0.25, 0.3) is 0 Å². The van der Waals surface area contributed by atoms with E-state index in [4.69, 9.17) is 14.6 Å². The molecular formula is C6H13NO3. The summed E-state index contributed by atoms with van der Waals surface area (Å²) in [5.74, 6) is 0. The SMILES string of the molecule is OCCNCC1OCCO1. The highest BCUT2D eigenvalue weighted by Crippen LogP contribution is 2.00. The van der Waals surface area contributed by atoms with E-state index in [1.54, 1.807) is 0 Å². The standard InChI is InChI=1S/C6H13NO3/c8-2-1-7-5-6-9-3-4-10-6/h6-8H,1-5H2. The summed E-state index contributed by atoms with van der Waals surface area (Å²) in [6.07, 6.45) is -0.105. The first-order valence-electron chi connectivity index (χ1n) is 3.48. The van der Waals surface area contributed by atoms with Gasteiger partial charge in [-0.2, -0.15) is 0 Å². The molecule has 0 spiro atoms. The van der Waals surface area contributed by atoms with Crippen LogP contribution in [-0.4, -0.2) is 44.3 Å². The Morgan fingerprint density at radius 1 is 1.40 bits per heavy atom. The summed E-state index contributed by atoms with van der Waals surface area (Å²) in [6, 6.07) is 0. The summed E-state index contributed by atoms with van der Waals surface area (Å²) in [5, 5.41) is 11.4. The normalized spacial score (nSPS) is 20.1. The smallest absolute Gasteiger partial charge is 0.170 e. The molecule has 0 amide bonds. The lowest BCUT2D eigenvalue weighted by atomic mass is 10.6. The van der Waals surface area contributed by atoms with Crippen LogP contribution in [0.5, 0.6) is 0 Å². The Bertz CT molecular complexity index is 83.1. The zero-order valence-electron chi connectivity index (χ0n) is 5.88. The van der Waals surface area contributed by atoms with Gasteiger partial charge in [0.15, 0.2) is 6.29 Å². The zero-order chi connectivity index (χ0) is 7.23. The van der Waals surface area contributed by atoms with Gasteiger partial charge in [0.2, 0.25) is 0 Å². The molecule has 0 aliphatic carbocycles. The lowest BCUT2D eigenvalue weighted by Crippen LogP contribution is -2.29. The minimum Gasteiger partial charge on any atom is -0.395 e. The van der Waals surface area contributed by atoms with Crippen LogP contribution >= 0.6 is 0 Å². The van der Waals surface area contributed by atoms with Crippen molar-refractivity contribution in [2.45, 2.75) is 6.29 Å². The second kappa shape index (κ2) is 4.62. The van der Waals surface area contributed by atoms with Crippen LogP contribution in [0.4, 0.5) is 0 Å². The lowest BCUT2D eigenvalue weighted by Gasteiger charge is -2.08. The molecule has 10 heavy (non-hydrogen) atoms. The molecule has 0 atom stereocenters. The van der Waals surface area contributed by atoms with Crippen LogP contribution in [0.1, 0.15) is 0 Å². The maximum absolute atomic E-state index is 8.40. The highest BCUT2D eigenvalue weighted by Gasteiger charge is 2.14. The second-order valence-corrected chi connectivity index (χ2v) is 2.10. The summed E-state index contributed by atoms with van der Waals surface area (Å²) in [4.78, 5) is 0. The van der Waals surface area contributed by atoms with Crippen LogP contribution in [0.3, 0.4) is 0 Å². The molecule has 0 unspecified atom stereocenters. The van der Waals surface area contributed by atoms with Gasteiger partial charge in [-0.05, 0) is 0 Å². The van der Waals surface area contributed by atoms with Gasteiger partial charge in [-0.1, -0.05) is 0 Å². The molecule has 1 aliphatic heterocycles. The fourth-order valence-electron chi connectivity index (χ4n) is 0.824. The largest absolute Gasteiger partial charge is 0.395 e. The van der Waals surface area contributed by atoms with Gasteiger partial charge in [0, 0.05) is 13.1 Å². The van der Waals surface area contributed by atoms with E-state index in [2.05, 4.69) is 5.32 Å². The fourth-order valence-corrected chi connectivity index (χ4v) is 0.824. The van der Waals surface area contributed by atoms with Crippen molar-refractivity contribution in [1.82, 2.24) is 5.32 Å². The molecule has 0 aromatic rings. The average molecular weight is 147 g/mol. The van der Waals surface area contributed by atoms with Crippen LogP contribution in [0.2, 0.25) is 0 Å². The molecule has 0 bridgehead atoms. The van der Waals surface area contributed by atoms with Crippen LogP contribution < -0.4 is 5.32 Å². The van der Waals surface area contributed by atoms with Gasteiger partial charge >= 0.3 is 0 Å². The Morgan fingerprint density at radius 3 is 2.70 bits per heavy atom. The Labute approximate surface area is 60.1 Å². The molecule has 60 valence electrons. The predicted octanol–water partition coefficient (Wildman–Crippen LogP) is -1.06. The molecule has 0 radical (unpaired) electrons. The summed E-state index contributed by atoms with van der Waals surface area (Å²) in [5.41, 5.74) is 0. The quantitative estimate of drug-likeness (QED) is 0.498. The van der Waals surface area contributed by atoms with Crippen molar-refractivity contribution >= 4 is 0 Å². The lowest BCUT2D eigenvalue weighted by molar-refractivity contribution is -0.0392. The first-order valence-corrected chi connectivity index (χ1v) is 3.48. The Morgan fingerprint density at radius 2 is 2.10 bits per heavy atom. The average Bonchev–Trinajstić information content (AvgIpc) is 2.41. The maximum Gasteiger partial charge on any atom is 0.170 e. The third-order valence-corrected chi connectivity index (χ3v) is 1.29. The Kier molecular flexibility index (Phi) is 3.67. The monoisotopic (exact) mass is 147 g/mol. The van der Waals surface area contributed by atoms with E-state index in [0.29, 0.717) is 26.3 Å². The molecular weight excluding hydrogens is 134 g/mol. The summed E-state index contributed by atoms with van der Waals surface area (Å²) < 4.78 is 10.3. The number of ether oxygens (including phenoxy) is 2. The van der Waals surface area contributed by atoms with Crippen molar-refractivity contribution in [2.75, 3.05) is 32.9 Å². The maximum atomic E-state index is 8.40. The van der Waals surface area contributed by atoms with Crippen molar-refractivity contribution in [3.8, 4) is 0 Å². The highest BCUT2D eigenvalue weighted by molar-refractivity contribution is 4.55. The van der Waals surface area contributed by atoms with Gasteiger partial charge in [-0.25, -0.2) is 0 Å². The molecule has 1 fully saturated rings. The molecule has 1 saturated heterocycles. The van der Waals surface area contributed by atoms with Crippen molar-refractivity contribution < 1.29 is 14.6 Å². The van der Waals surface area contributed by atoms with Gasteiger partial charge in [-0.15, -0.1) is 0 Å². The molecule has 4 heteroatoms. The van der Waals surface area contributed by atoms with E-state index in [1.165, 1.54) is 0 Å². The number of rotatable bonds is 4. The van der Waals surface area contributed by atoms with E-state index >= 15 is 0 Å². The molecule has 0 saturated carbocycles. The van der Waals surface area contributed by atoms with E-state index in [1.807, 2.05) is 0 Å². The molecule has 1 rings (SSSR count). The molecule has 1 heterocycles. The van der Waals surface area contributed by atoms with E-state index in [-0.39, 0.29) is 12.9 Å². The third-order valence-electron chi connectivity index (χ3n) is 1.29. The summed E-state index contributed by atoms with van der Waals surface area (Å²) in [7, 11) is 0. The van der Waals surface area contributed by atoms with Crippen molar-refractivity contribution in [1.29, 1.82) is 0 Å². The number of nitrogens with one attached hydrogen (secondary N) is 1. The second-order valence-electron chi connectivity index (χ2n) is 2.10. The molecule has 2 N–H and O–H groups in total. The van der Waals surface area contributed by atoms with Crippen LogP contribution in [0, 0.1) is 0 Å². The van der Waals surface area contributed by atoms with Crippen LogP contribution in [-0.2, 0) is 9.47 Å². The van der Waals surface area contributed by atoms with Crippen molar-refractivity contribution in [3.05, 3.63) is 0 Å². The topological polar surface area (TPSA) is 50.7 Å². The number of hydrogen-bond acceptors (Lipinski definition) is 4. The van der Waals surface area contributed by atoms with E-state index in [0.717, 1.165) is 0 Å². The predicted molar refractivity (Wildman–Crippen MR) is 35.6 cm³/mol.